The SMILES string of the molecule is COCCCC1COC(C2CCC(C3CCC(CCc4ccc(F)cc4)CC3)CC2)OC1. The lowest BCUT2D eigenvalue weighted by Gasteiger charge is -2.41. The van der Waals surface area contributed by atoms with Crippen LogP contribution >= 0.6 is 0 Å². The monoisotopic (exact) mass is 446 g/mol. The minimum absolute atomic E-state index is 0.0387. The number of ether oxygens (including phenoxy) is 3. The highest BCUT2D eigenvalue weighted by Gasteiger charge is 2.35. The zero-order chi connectivity index (χ0) is 22.2. The Balaban J connectivity index is 1.10. The van der Waals surface area contributed by atoms with Gasteiger partial charge in [0.1, 0.15) is 5.82 Å². The van der Waals surface area contributed by atoms with E-state index in [9.17, 15) is 4.39 Å². The summed E-state index contributed by atoms with van der Waals surface area (Å²) in [6.07, 6.45) is 15.5. The van der Waals surface area contributed by atoms with Gasteiger partial charge in [-0.2, -0.15) is 0 Å². The molecular weight excluding hydrogens is 403 g/mol. The quantitative estimate of drug-likeness (QED) is 0.391. The summed E-state index contributed by atoms with van der Waals surface area (Å²) in [5.41, 5.74) is 1.28. The average Bonchev–Trinajstić information content (AvgIpc) is 2.85. The van der Waals surface area contributed by atoms with Crippen molar-refractivity contribution in [3.8, 4) is 0 Å². The Bertz CT molecular complexity index is 639. The van der Waals surface area contributed by atoms with Crippen LogP contribution in [0.3, 0.4) is 0 Å². The minimum Gasteiger partial charge on any atom is -0.385 e. The van der Waals surface area contributed by atoms with Crippen LogP contribution < -0.4 is 0 Å². The summed E-state index contributed by atoms with van der Waals surface area (Å²) in [6, 6.07) is 7.07. The summed E-state index contributed by atoms with van der Waals surface area (Å²) >= 11 is 0. The van der Waals surface area contributed by atoms with Crippen LogP contribution in [0.1, 0.15) is 76.2 Å². The second-order valence-corrected chi connectivity index (χ2v) is 10.7. The minimum atomic E-state index is -0.132. The molecule has 32 heavy (non-hydrogen) atoms. The van der Waals surface area contributed by atoms with Crippen molar-refractivity contribution in [1.82, 2.24) is 0 Å². The van der Waals surface area contributed by atoms with Crippen molar-refractivity contribution in [3.05, 3.63) is 35.6 Å². The van der Waals surface area contributed by atoms with E-state index in [1.165, 1.54) is 63.4 Å². The van der Waals surface area contributed by atoms with Gasteiger partial charge in [0.25, 0.3) is 0 Å². The van der Waals surface area contributed by atoms with Gasteiger partial charge in [-0.05, 0) is 99.7 Å². The molecule has 3 fully saturated rings. The predicted molar refractivity (Wildman–Crippen MR) is 126 cm³/mol. The van der Waals surface area contributed by atoms with E-state index in [1.807, 2.05) is 12.1 Å². The van der Waals surface area contributed by atoms with Crippen molar-refractivity contribution >= 4 is 0 Å². The molecule has 0 amide bonds. The Morgan fingerprint density at radius 3 is 2.00 bits per heavy atom. The number of aryl methyl sites for hydroxylation is 1. The molecule has 4 heteroatoms. The molecule has 0 atom stereocenters. The third kappa shape index (κ3) is 7.01. The van der Waals surface area contributed by atoms with E-state index in [0.29, 0.717) is 11.8 Å². The summed E-state index contributed by atoms with van der Waals surface area (Å²) in [4.78, 5) is 0. The van der Waals surface area contributed by atoms with E-state index in [0.717, 1.165) is 56.8 Å². The van der Waals surface area contributed by atoms with Crippen LogP contribution in [0.4, 0.5) is 4.39 Å². The molecule has 1 saturated heterocycles. The summed E-state index contributed by atoms with van der Waals surface area (Å²) in [6.45, 7) is 2.55. The van der Waals surface area contributed by atoms with Crippen LogP contribution in [0.2, 0.25) is 0 Å². The molecule has 0 bridgehead atoms. The Hall–Kier alpha value is -0.970. The fraction of sp³-hybridized carbons (Fsp3) is 0.786. The first kappa shape index (κ1) is 24.2. The molecule has 3 aliphatic rings. The normalized spacial score (nSPS) is 33.8. The third-order valence-electron chi connectivity index (χ3n) is 8.47. The summed E-state index contributed by atoms with van der Waals surface area (Å²) in [5.74, 6) is 3.70. The van der Waals surface area contributed by atoms with Crippen molar-refractivity contribution < 1.29 is 18.6 Å². The maximum absolute atomic E-state index is 13.1. The molecule has 1 aliphatic heterocycles. The van der Waals surface area contributed by atoms with Crippen LogP contribution in [0.5, 0.6) is 0 Å². The third-order valence-corrected chi connectivity index (χ3v) is 8.47. The molecule has 1 aromatic rings. The fourth-order valence-corrected chi connectivity index (χ4v) is 6.37. The smallest absolute Gasteiger partial charge is 0.160 e. The van der Waals surface area contributed by atoms with Crippen LogP contribution in [0.15, 0.2) is 24.3 Å². The molecule has 1 aromatic carbocycles. The van der Waals surface area contributed by atoms with E-state index in [2.05, 4.69) is 0 Å². The maximum Gasteiger partial charge on any atom is 0.160 e. The average molecular weight is 447 g/mol. The molecule has 3 nitrogen and oxygen atoms in total. The second-order valence-electron chi connectivity index (χ2n) is 10.7. The summed E-state index contributed by atoms with van der Waals surface area (Å²) in [7, 11) is 1.77. The van der Waals surface area contributed by atoms with Crippen LogP contribution in [-0.2, 0) is 20.6 Å². The molecule has 0 unspecified atom stereocenters. The first-order chi connectivity index (χ1) is 15.7. The van der Waals surface area contributed by atoms with E-state index < -0.39 is 0 Å². The van der Waals surface area contributed by atoms with Crippen molar-refractivity contribution in [2.75, 3.05) is 26.9 Å². The van der Waals surface area contributed by atoms with E-state index in [1.54, 1.807) is 19.2 Å². The van der Waals surface area contributed by atoms with Crippen molar-refractivity contribution in [3.63, 3.8) is 0 Å². The van der Waals surface area contributed by atoms with Gasteiger partial charge in [0, 0.05) is 25.6 Å². The van der Waals surface area contributed by atoms with Crippen molar-refractivity contribution in [2.45, 2.75) is 83.3 Å². The highest BCUT2D eigenvalue weighted by molar-refractivity contribution is 5.16. The molecule has 0 radical (unpaired) electrons. The van der Waals surface area contributed by atoms with E-state index in [4.69, 9.17) is 14.2 Å². The molecule has 4 rings (SSSR count). The van der Waals surface area contributed by atoms with Gasteiger partial charge >= 0.3 is 0 Å². The number of hydrogen-bond acceptors (Lipinski definition) is 3. The largest absolute Gasteiger partial charge is 0.385 e. The molecular formula is C28H43FO3. The highest BCUT2D eigenvalue weighted by atomic mass is 19.1. The molecule has 0 aromatic heterocycles. The number of halogens is 1. The number of hydrogen-bond donors (Lipinski definition) is 0. The Morgan fingerprint density at radius 2 is 1.38 bits per heavy atom. The fourth-order valence-electron chi connectivity index (χ4n) is 6.37. The molecule has 1 heterocycles. The Labute approximate surface area is 194 Å². The van der Waals surface area contributed by atoms with Crippen molar-refractivity contribution in [2.24, 2.45) is 29.6 Å². The second kappa shape index (κ2) is 12.5. The van der Waals surface area contributed by atoms with E-state index in [-0.39, 0.29) is 12.1 Å². The predicted octanol–water partition coefficient (Wildman–Crippen LogP) is 6.79. The first-order valence-corrected chi connectivity index (χ1v) is 13.2. The summed E-state index contributed by atoms with van der Waals surface area (Å²) in [5, 5.41) is 0. The zero-order valence-electron chi connectivity index (χ0n) is 20.0. The highest BCUT2D eigenvalue weighted by Crippen LogP contribution is 2.43. The lowest BCUT2D eigenvalue weighted by molar-refractivity contribution is -0.230. The Kier molecular flexibility index (Phi) is 9.42. The van der Waals surface area contributed by atoms with Crippen LogP contribution in [-0.4, -0.2) is 33.2 Å². The van der Waals surface area contributed by atoms with Gasteiger partial charge in [-0.15, -0.1) is 0 Å². The maximum atomic E-state index is 13.1. The number of rotatable bonds is 9. The topological polar surface area (TPSA) is 27.7 Å². The van der Waals surface area contributed by atoms with Gasteiger partial charge in [0.2, 0.25) is 0 Å². The van der Waals surface area contributed by atoms with Crippen molar-refractivity contribution in [1.29, 1.82) is 0 Å². The molecule has 2 saturated carbocycles. The van der Waals surface area contributed by atoms with Gasteiger partial charge in [0.05, 0.1) is 13.2 Å². The number of methoxy groups -OCH3 is 1. The molecule has 180 valence electrons. The number of benzene rings is 1. The van der Waals surface area contributed by atoms with Crippen LogP contribution in [0.25, 0.3) is 0 Å². The molecule has 2 aliphatic carbocycles. The molecule has 0 spiro atoms. The van der Waals surface area contributed by atoms with E-state index >= 15 is 0 Å². The lowest BCUT2D eigenvalue weighted by atomic mass is 9.68. The van der Waals surface area contributed by atoms with Gasteiger partial charge in [0.15, 0.2) is 6.29 Å². The first-order valence-electron chi connectivity index (χ1n) is 13.2. The summed E-state index contributed by atoms with van der Waals surface area (Å²) < 4.78 is 30.5. The van der Waals surface area contributed by atoms with Gasteiger partial charge in [-0.1, -0.05) is 25.0 Å². The van der Waals surface area contributed by atoms with Gasteiger partial charge < -0.3 is 14.2 Å². The van der Waals surface area contributed by atoms with Gasteiger partial charge in [-0.25, -0.2) is 4.39 Å². The zero-order valence-corrected chi connectivity index (χ0v) is 20.0. The Morgan fingerprint density at radius 1 is 0.781 bits per heavy atom. The van der Waals surface area contributed by atoms with Gasteiger partial charge in [-0.3, -0.25) is 0 Å². The molecule has 0 N–H and O–H groups in total. The van der Waals surface area contributed by atoms with Crippen LogP contribution in [0, 0.1) is 35.4 Å². The standard InChI is InChI=1S/C28H43FO3/c1-30-18-2-3-23-19-31-28(32-20-23)26-14-12-25(13-15-26)24-10-6-21(7-11-24)4-5-22-8-16-27(29)17-9-22/h8-9,16-17,21,23-26,28H,2-7,10-15,18-20H2,1H3. The lowest BCUT2D eigenvalue weighted by Crippen LogP contribution is -2.39.